The molecule has 0 bridgehead atoms. The van der Waals surface area contributed by atoms with E-state index in [0.717, 1.165) is 16.9 Å². The molecule has 102 valence electrons. The number of nitrogens with two attached hydrogens (primary N) is 2. The van der Waals surface area contributed by atoms with Crippen molar-refractivity contribution in [2.45, 2.75) is 0 Å². The number of hydrogen-bond acceptors (Lipinski definition) is 3. The van der Waals surface area contributed by atoms with E-state index < -0.39 is 0 Å². The minimum Gasteiger partial charge on any atom is -0.497 e. The van der Waals surface area contributed by atoms with Crippen LogP contribution >= 0.6 is 0 Å². The SMILES string of the molecule is COc1cccc(/C(=N/N=C(N)N)c2ccccc2)c1. The Balaban J connectivity index is 2.52. The summed E-state index contributed by atoms with van der Waals surface area (Å²) in [5.74, 6) is 0.664. The monoisotopic (exact) mass is 268 g/mol. The number of ether oxygens (including phenoxy) is 1. The Morgan fingerprint density at radius 3 is 2.25 bits per heavy atom. The van der Waals surface area contributed by atoms with Gasteiger partial charge in [-0.1, -0.05) is 42.5 Å². The Morgan fingerprint density at radius 1 is 0.900 bits per heavy atom. The number of hydrogen-bond donors (Lipinski definition) is 2. The van der Waals surface area contributed by atoms with Crippen LogP contribution in [0.2, 0.25) is 0 Å². The molecule has 0 aliphatic heterocycles. The van der Waals surface area contributed by atoms with E-state index in [4.69, 9.17) is 16.2 Å². The maximum Gasteiger partial charge on any atom is 0.211 e. The molecule has 0 amide bonds. The van der Waals surface area contributed by atoms with Crippen LogP contribution < -0.4 is 16.2 Å². The molecule has 2 rings (SSSR count). The lowest BCUT2D eigenvalue weighted by Crippen LogP contribution is -2.22. The molecule has 0 saturated carbocycles. The second-order valence-corrected chi connectivity index (χ2v) is 4.07. The predicted molar refractivity (Wildman–Crippen MR) is 80.9 cm³/mol. The van der Waals surface area contributed by atoms with Gasteiger partial charge in [-0.05, 0) is 12.1 Å². The molecule has 5 heteroatoms. The van der Waals surface area contributed by atoms with Gasteiger partial charge in [0.05, 0.1) is 7.11 Å². The normalized spacial score (nSPS) is 10.9. The van der Waals surface area contributed by atoms with Crippen LogP contribution in [0, 0.1) is 0 Å². The molecule has 20 heavy (non-hydrogen) atoms. The van der Waals surface area contributed by atoms with Gasteiger partial charge in [-0.2, -0.15) is 0 Å². The standard InChI is InChI=1S/C15H16N4O/c1-20-13-9-5-8-12(10-13)14(18-19-15(16)17)11-6-3-2-4-7-11/h2-10H,1H3,(H4,16,17,19)/b18-14+. The van der Waals surface area contributed by atoms with Crippen LogP contribution in [0.15, 0.2) is 64.8 Å². The first-order chi connectivity index (χ1) is 9.70. The summed E-state index contributed by atoms with van der Waals surface area (Å²) in [6, 6.07) is 17.3. The van der Waals surface area contributed by atoms with Crippen molar-refractivity contribution in [1.29, 1.82) is 0 Å². The highest BCUT2D eigenvalue weighted by molar-refractivity contribution is 6.13. The van der Waals surface area contributed by atoms with Crippen LogP contribution in [0.3, 0.4) is 0 Å². The van der Waals surface area contributed by atoms with E-state index in [1.165, 1.54) is 0 Å². The molecule has 0 spiro atoms. The zero-order chi connectivity index (χ0) is 14.4. The highest BCUT2D eigenvalue weighted by Crippen LogP contribution is 2.17. The smallest absolute Gasteiger partial charge is 0.211 e. The largest absolute Gasteiger partial charge is 0.497 e. The van der Waals surface area contributed by atoms with Gasteiger partial charge in [0.2, 0.25) is 5.96 Å². The van der Waals surface area contributed by atoms with Crippen molar-refractivity contribution in [3.63, 3.8) is 0 Å². The topological polar surface area (TPSA) is 86.0 Å². The van der Waals surface area contributed by atoms with E-state index in [1.807, 2.05) is 54.6 Å². The minimum atomic E-state index is -0.0821. The average Bonchev–Trinajstić information content (AvgIpc) is 2.48. The Morgan fingerprint density at radius 2 is 1.60 bits per heavy atom. The lowest BCUT2D eigenvalue weighted by atomic mass is 10.0. The zero-order valence-corrected chi connectivity index (χ0v) is 11.2. The number of rotatable bonds is 4. The number of methoxy groups -OCH3 is 1. The van der Waals surface area contributed by atoms with Crippen molar-refractivity contribution in [3.05, 3.63) is 65.7 Å². The molecule has 4 N–H and O–H groups in total. The summed E-state index contributed by atoms with van der Waals surface area (Å²) in [5, 5.41) is 7.89. The Hall–Kier alpha value is -2.82. The summed E-state index contributed by atoms with van der Waals surface area (Å²) in [6.45, 7) is 0. The molecule has 0 unspecified atom stereocenters. The molecule has 0 aliphatic rings. The van der Waals surface area contributed by atoms with Gasteiger partial charge in [-0.15, -0.1) is 10.2 Å². The van der Waals surface area contributed by atoms with Crippen molar-refractivity contribution >= 4 is 11.7 Å². The van der Waals surface area contributed by atoms with Gasteiger partial charge in [-0.3, -0.25) is 0 Å². The second-order valence-electron chi connectivity index (χ2n) is 4.07. The fraction of sp³-hybridized carbons (Fsp3) is 0.0667. The summed E-state index contributed by atoms with van der Waals surface area (Å²) in [5.41, 5.74) is 13.2. The van der Waals surface area contributed by atoms with Crippen LogP contribution in [-0.2, 0) is 0 Å². The van der Waals surface area contributed by atoms with Crippen LogP contribution in [0.5, 0.6) is 5.75 Å². The third-order valence-electron chi connectivity index (χ3n) is 2.66. The second kappa shape index (κ2) is 6.38. The summed E-state index contributed by atoms with van der Waals surface area (Å²) >= 11 is 0. The molecule has 0 fully saturated rings. The van der Waals surface area contributed by atoms with Crippen LogP contribution in [-0.4, -0.2) is 18.8 Å². The van der Waals surface area contributed by atoms with E-state index in [2.05, 4.69) is 10.2 Å². The Kier molecular flexibility index (Phi) is 4.34. The molecule has 0 radical (unpaired) electrons. The molecule has 0 aliphatic carbocycles. The summed E-state index contributed by atoms with van der Waals surface area (Å²) in [6.07, 6.45) is 0. The Labute approximate surface area is 117 Å². The highest BCUT2D eigenvalue weighted by Gasteiger charge is 2.08. The van der Waals surface area contributed by atoms with Crippen molar-refractivity contribution in [2.75, 3.05) is 7.11 Å². The van der Waals surface area contributed by atoms with Crippen molar-refractivity contribution in [1.82, 2.24) is 0 Å². The number of benzene rings is 2. The number of guanidine groups is 1. The fourth-order valence-corrected chi connectivity index (χ4v) is 1.76. The van der Waals surface area contributed by atoms with Crippen LogP contribution in [0.25, 0.3) is 0 Å². The predicted octanol–water partition coefficient (Wildman–Crippen LogP) is 1.72. The van der Waals surface area contributed by atoms with Crippen molar-refractivity contribution in [3.8, 4) is 5.75 Å². The molecule has 5 nitrogen and oxygen atoms in total. The first-order valence-electron chi connectivity index (χ1n) is 6.07. The third-order valence-corrected chi connectivity index (χ3v) is 2.66. The van der Waals surface area contributed by atoms with Crippen LogP contribution in [0.1, 0.15) is 11.1 Å². The van der Waals surface area contributed by atoms with Gasteiger partial charge in [0.1, 0.15) is 11.5 Å². The van der Waals surface area contributed by atoms with Crippen molar-refractivity contribution in [2.24, 2.45) is 21.7 Å². The fourth-order valence-electron chi connectivity index (χ4n) is 1.76. The van der Waals surface area contributed by atoms with E-state index in [1.54, 1.807) is 7.11 Å². The lowest BCUT2D eigenvalue weighted by molar-refractivity contribution is 0.414. The minimum absolute atomic E-state index is 0.0821. The maximum absolute atomic E-state index is 5.35. The van der Waals surface area contributed by atoms with Crippen LogP contribution in [0.4, 0.5) is 0 Å². The molecule has 2 aromatic rings. The quantitative estimate of drug-likeness (QED) is 0.503. The summed E-state index contributed by atoms with van der Waals surface area (Å²) < 4.78 is 5.23. The van der Waals surface area contributed by atoms with Gasteiger partial charge in [0, 0.05) is 11.1 Å². The molecule has 0 atom stereocenters. The molecule has 0 heterocycles. The van der Waals surface area contributed by atoms with E-state index in [0.29, 0.717) is 5.71 Å². The van der Waals surface area contributed by atoms with Gasteiger partial charge in [-0.25, -0.2) is 0 Å². The van der Waals surface area contributed by atoms with E-state index >= 15 is 0 Å². The maximum atomic E-state index is 5.35. The summed E-state index contributed by atoms with van der Waals surface area (Å²) in [7, 11) is 1.62. The first kappa shape index (κ1) is 13.6. The van der Waals surface area contributed by atoms with Gasteiger partial charge in [0.15, 0.2) is 0 Å². The van der Waals surface area contributed by atoms with Gasteiger partial charge in [0.25, 0.3) is 0 Å². The molecular weight excluding hydrogens is 252 g/mol. The first-order valence-corrected chi connectivity index (χ1v) is 6.07. The van der Waals surface area contributed by atoms with E-state index in [9.17, 15) is 0 Å². The lowest BCUT2D eigenvalue weighted by Gasteiger charge is -2.07. The van der Waals surface area contributed by atoms with Crippen molar-refractivity contribution < 1.29 is 4.74 Å². The number of nitrogens with zero attached hydrogens (tertiary/aromatic N) is 2. The molecule has 0 aromatic heterocycles. The summed E-state index contributed by atoms with van der Waals surface area (Å²) in [4.78, 5) is 0. The van der Waals surface area contributed by atoms with E-state index in [-0.39, 0.29) is 5.96 Å². The Bertz CT molecular complexity index is 631. The molecular formula is C15H16N4O. The van der Waals surface area contributed by atoms with Gasteiger partial charge < -0.3 is 16.2 Å². The highest BCUT2D eigenvalue weighted by atomic mass is 16.5. The molecule has 0 saturated heterocycles. The third kappa shape index (κ3) is 3.35. The average molecular weight is 268 g/mol. The molecule has 2 aromatic carbocycles. The van der Waals surface area contributed by atoms with Gasteiger partial charge >= 0.3 is 0 Å². The zero-order valence-electron chi connectivity index (χ0n) is 11.2.